The first-order chi connectivity index (χ1) is 19.7. The molecule has 0 aliphatic carbocycles. The number of nitrogens with two attached hydrogens (primary N) is 1. The van der Waals surface area contributed by atoms with E-state index in [1.165, 1.54) is 33.3 Å². The van der Waals surface area contributed by atoms with Crippen molar-refractivity contribution in [2.75, 3.05) is 42.5 Å². The summed E-state index contributed by atoms with van der Waals surface area (Å²) in [5, 5.41) is 1.18. The number of hydrogen-bond acceptors (Lipinski definition) is 6. The highest BCUT2D eigenvalue weighted by atomic mass is 16.1. The normalized spacial score (nSPS) is 17.9. The van der Waals surface area contributed by atoms with Crippen LogP contribution in [0.2, 0.25) is 0 Å². The van der Waals surface area contributed by atoms with E-state index in [4.69, 9.17) is 15.7 Å². The minimum Gasteiger partial charge on any atom is -0.369 e. The molecule has 8 nitrogen and oxygen atoms in total. The lowest BCUT2D eigenvalue weighted by Crippen LogP contribution is -2.54. The fourth-order valence-electron chi connectivity index (χ4n) is 6.48. The van der Waals surface area contributed by atoms with Crippen LogP contribution in [0.25, 0.3) is 22.3 Å². The van der Waals surface area contributed by atoms with Crippen LogP contribution in [0.3, 0.4) is 0 Å². The molecule has 0 saturated carbocycles. The number of hydrogen-bond donors (Lipinski definition) is 2. The Morgan fingerprint density at radius 1 is 1.07 bits per heavy atom. The van der Waals surface area contributed by atoms with Crippen molar-refractivity contribution < 1.29 is 4.79 Å². The van der Waals surface area contributed by atoms with Gasteiger partial charge in [0.15, 0.2) is 5.82 Å². The van der Waals surface area contributed by atoms with Crippen molar-refractivity contribution in [1.82, 2.24) is 19.9 Å². The number of benzene rings is 2. The van der Waals surface area contributed by atoms with Crippen molar-refractivity contribution in [3.63, 3.8) is 0 Å². The molecule has 0 radical (unpaired) electrons. The molecule has 6 rings (SSSR count). The number of aryl methyl sites for hydroxylation is 2. The van der Waals surface area contributed by atoms with Crippen molar-refractivity contribution in [2.24, 2.45) is 5.73 Å². The highest BCUT2D eigenvalue weighted by molar-refractivity contribution is 5.96. The number of carbonyl (C=O) groups excluding carboxylic acids is 1. The van der Waals surface area contributed by atoms with Gasteiger partial charge in [0.05, 0.1) is 12.2 Å². The summed E-state index contributed by atoms with van der Waals surface area (Å²) in [7, 11) is 0. The predicted octanol–water partition coefficient (Wildman–Crippen LogP) is 4.92. The van der Waals surface area contributed by atoms with Crippen molar-refractivity contribution >= 4 is 28.3 Å². The Bertz CT molecular complexity index is 1610. The third kappa shape index (κ3) is 5.17. The van der Waals surface area contributed by atoms with Crippen molar-refractivity contribution in [2.45, 2.75) is 59.5 Å². The molecule has 2 aliphatic heterocycles. The van der Waals surface area contributed by atoms with Gasteiger partial charge in [-0.2, -0.15) is 0 Å². The summed E-state index contributed by atoms with van der Waals surface area (Å²) >= 11 is 0. The van der Waals surface area contributed by atoms with Crippen LogP contribution in [0.15, 0.2) is 42.6 Å². The first-order valence-corrected chi connectivity index (χ1v) is 14.8. The molecule has 2 aromatic heterocycles. The molecule has 0 bridgehead atoms. The molecule has 1 atom stereocenters. The Balaban J connectivity index is 1.43. The molecule has 1 fully saturated rings. The highest BCUT2D eigenvalue weighted by Gasteiger charge is 2.31. The summed E-state index contributed by atoms with van der Waals surface area (Å²) in [5.74, 6) is 2.00. The monoisotopic (exact) mass is 551 g/mol. The molecule has 8 heteroatoms. The molecule has 4 heterocycles. The number of piperazine rings is 1. The molecule has 4 aromatic rings. The van der Waals surface area contributed by atoms with E-state index >= 15 is 0 Å². The fraction of sp³-hybridized carbons (Fsp3) is 0.424. The van der Waals surface area contributed by atoms with Gasteiger partial charge in [-0.05, 0) is 55.5 Å². The molecule has 1 amide bonds. The number of rotatable bonds is 6. The molecular formula is C33H41N7O. The molecule has 2 aliphatic rings. The smallest absolute Gasteiger partial charge is 0.231 e. The maximum Gasteiger partial charge on any atom is 0.231 e. The van der Waals surface area contributed by atoms with Gasteiger partial charge < -0.3 is 20.5 Å². The van der Waals surface area contributed by atoms with Gasteiger partial charge in [-0.3, -0.25) is 9.69 Å². The number of H-pyrrole nitrogens is 1. The van der Waals surface area contributed by atoms with Crippen molar-refractivity contribution in [3.8, 4) is 11.4 Å². The van der Waals surface area contributed by atoms with Gasteiger partial charge in [0.1, 0.15) is 5.82 Å². The van der Waals surface area contributed by atoms with Crippen LogP contribution < -0.4 is 15.5 Å². The SMILES string of the molecule is Cc1ccc(C(C)C)cc1N1CCc2nc(-c3cccc4[nH]cc(C)c34)nc(N3CCN(CC(N)=O)[C@H](C)C3)c2C1. The second-order valence-electron chi connectivity index (χ2n) is 12.1. The van der Waals surface area contributed by atoms with Crippen LogP contribution in [0.1, 0.15) is 54.6 Å². The van der Waals surface area contributed by atoms with E-state index in [1.54, 1.807) is 0 Å². The number of aromatic nitrogens is 3. The van der Waals surface area contributed by atoms with E-state index < -0.39 is 0 Å². The Morgan fingerprint density at radius 3 is 2.66 bits per heavy atom. The minimum absolute atomic E-state index is 0.185. The number of fused-ring (bicyclic) bond motifs is 2. The van der Waals surface area contributed by atoms with Gasteiger partial charge in [-0.25, -0.2) is 9.97 Å². The number of carbonyl (C=O) groups is 1. The first kappa shape index (κ1) is 27.3. The van der Waals surface area contributed by atoms with Gasteiger partial charge in [0, 0.05) is 79.1 Å². The van der Waals surface area contributed by atoms with Crippen molar-refractivity contribution in [1.29, 1.82) is 0 Å². The van der Waals surface area contributed by atoms with E-state index in [9.17, 15) is 4.79 Å². The first-order valence-electron chi connectivity index (χ1n) is 14.8. The Kier molecular flexibility index (Phi) is 7.20. The fourth-order valence-corrected chi connectivity index (χ4v) is 6.48. The minimum atomic E-state index is -0.281. The van der Waals surface area contributed by atoms with E-state index in [0.29, 0.717) is 5.92 Å². The quantitative estimate of drug-likeness (QED) is 0.353. The standard InChI is InChI=1S/C33H41N7O/c1-20(2)24-10-9-21(3)29(15-24)39-12-11-27-26(18-39)33(40-14-13-38(19-30(34)41)23(5)17-40)37-32(36-27)25-7-6-8-28-31(25)22(4)16-35-28/h6-10,15-16,20,23,35H,11-14,17-19H2,1-5H3,(H2,34,41)/t23-/m1/s1. The van der Waals surface area contributed by atoms with Crippen LogP contribution in [0.5, 0.6) is 0 Å². The predicted molar refractivity (Wildman–Crippen MR) is 167 cm³/mol. The van der Waals surface area contributed by atoms with Gasteiger partial charge in [0.2, 0.25) is 5.91 Å². The van der Waals surface area contributed by atoms with Crippen LogP contribution in [0.4, 0.5) is 11.5 Å². The molecule has 41 heavy (non-hydrogen) atoms. The number of aromatic amines is 1. The maximum absolute atomic E-state index is 11.7. The van der Waals surface area contributed by atoms with E-state index in [2.05, 4.69) is 96.9 Å². The lowest BCUT2D eigenvalue weighted by atomic mass is 9.98. The van der Waals surface area contributed by atoms with E-state index in [0.717, 1.165) is 67.6 Å². The van der Waals surface area contributed by atoms with Crippen molar-refractivity contribution in [3.05, 3.63) is 70.5 Å². The molecule has 3 N–H and O–H groups in total. The third-order valence-electron chi connectivity index (χ3n) is 8.85. The largest absolute Gasteiger partial charge is 0.369 e. The third-order valence-corrected chi connectivity index (χ3v) is 8.85. The number of primary amides is 1. The molecule has 2 aromatic carbocycles. The molecular weight excluding hydrogens is 510 g/mol. The van der Waals surface area contributed by atoms with E-state index in [-0.39, 0.29) is 18.5 Å². The molecule has 214 valence electrons. The van der Waals surface area contributed by atoms with Gasteiger partial charge in [-0.1, -0.05) is 38.1 Å². The molecule has 0 unspecified atom stereocenters. The summed E-state index contributed by atoms with van der Waals surface area (Å²) in [6, 6.07) is 13.4. The highest BCUT2D eigenvalue weighted by Crippen LogP contribution is 2.36. The molecule has 1 saturated heterocycles. The number of amides is 1. The van der Waals surface area contributed by atoms with Crippen LogP contribution in [-0.4, -0.2) is 64.5 Å². The van der Waals surface area contributed by atoms with Crippen LogP contribution in [-0.2, 0) is 17.8 Å². The Morgan fingerprint density at radius 2 is 1.90 bits per heavy atom. The number of nitrogens with zero attached hydrogens (tertiary/aromatic N) is 5. The zero-order valence-electron chi connectivity index (χ0n) is 24.9. The second kappa shape index (κ2) is 10.8. The summed E-state index contributed by atoms with van der Waals surface area (Å²) in [6.07, 6.45) is 2.92. The summed E-state index contributed by atoms with van der Waals surface area (Å²) in [4.78, 5) is 32.7. The zero-order valence-corrected chi connectivity index (χ0v) is 24.9. The van der Waals surface area contributed by atoms with E-state index in [1.807, 2.05) is 0 Å². The topological polar surface area (TPSA) is 94.4 Å². The summed E-state index contributed by atoms with van der Waals surface area (Å²) in [6.45, 7) is 15.3. The van der Waals surface area contributed by atoms with Gasteiger partial charge in [-0.15, -0.1) is 0 Å². The number of anilines is 2. The van der Waals surface area contributed by atoms with Gasteiger partial charge >= 0.3 is 0 Å². The second-order valence-corrected chi connectivity index (χ2v) is 12.1. The Hall–Kier alpha value is -3.91. The van der Waals surface area contributed by atoms with Gasteiger partial charge in [0.25, 0.3) is 0 Å². The Labute approximate surface area is 242 Å². The zero-order chi connectivity index (χ0) is 28.8. The lowest BCUT2D eigenvalue weighted by Gasteiger charge is -2.41. The summed E-state index contributed by atoms with van der Waals surface area (Å²) in [5.41, 5.74) is 15.2. The maximum atomic E-state index is 11.7. The van der Waals surface area contributed by atoms with Crippen LogP contribution in [0, 0.1) is 13.8 Å². The average molecular weight is 552 g/mol. The number of nitrogens with one attached hydrogen (secondary N) is 1. The molecule has 0 spiro atoms. The average Bonchev–Trinajstić information content (AvgIpc) is 3.34. The van der Waals surface area contributed by atoms with Crippen LogP contribution >= 0.6 is 0 Å². The lowest BCUT2D eigenvalue weighted by molar-refractivity contribution is -0.119. The summed E-state index contributed by atoms with van der Waals surface area (Å²) < 4.78 is 0.